The van der Waals surface area contributed by atoms with E-state index in [2.05, 4.69) is 0 Å². The predicted molar refractivity (Wildman–Crippen MR) is 43.2 cm³/mol. The Kier molecular flexibility index (Phi) is 2.49. The van der Waals surface area contributed by atoms with Gasteiger partial charge in [-0.1, -0.05) is 23.7 Å². The van der Waals surface area contributed by atoms with E-state index < -0.39 is 0 Å². The number of rotatable bonds is 1. The van der Waals surface area contributed by atoms with E-state index in [4.69, 9.17) is 18.6 Å². The van der Waals surface area contributed by atoms with Crippen molar-refractivity contribution in [3.8, 4) is 0 Å². The summed E-state index contributed by atoms with van der Waals surface area (Å²) in [5.74, 6) is -0.379. The van der Waals surface area contributed by atoms with Crippen LogP contribution in [0.2, 0.25) is 5.02 Å². The number of carbonyl (C=O) groups is 1. The second-order valence-corrected chi connectivity index (χ2v) is 2.36. The molecule has 56 valence electrons. The van der Waals surface area contributed by atoms with Gasteiger partial charge in [-0.15, -0.1) is 0 Å². The highest BCUT2D eigenvalue weighted by molar-refractivity contribution is 6.33. The molecule has 0 atom stereocenters. The van der Waals surface area contributed by atoms with Crippen LogP contribution in [0.25, 0.3) is 0 Å². The Morgan fingerprint density at radius 3 is 2.64 bits per heavy atom. The van der Waals surface area contributed by atoms with E-state index in [1.165, 1.54) is 0 Å². The molecule has 0 fully saturated rings. The minimum atomic E-state index is -0.379. The second kappa shape index (κ2) is 3.39. The molecule has 1 N–H and O–H groups in total. The quantitative estimate of drug-likeness (QED) is 0.635. The van der Waals surface area contributed by atoms with Crippen LogP contribution >= 0.6 is 11.6 Å². The van der Waals surface area contributed by atoms with Crippen molar-refractivity contribution in [2.75, 3.05) is 0 Å². The standard InChI is InChI=1S/C8H6ClNO/c1-10-8(11)6-4-2-3-5-7(6)9/h1-5H,(H,10,11). The van der Waals surface area contributed by atoms with Crippen molar-refractivity contribution in [3.05, 3.63) is 41.9 Å². The van der Waals surface area contributed by atoms with Gasteiger partial charge in [-0.2, -0.15) is 0 Å². The third-order valence-corrected chi connectivity index (χ3v) is 1.58. The molecule has 2 radical (unpaired) electrons. The Hall–Kier alpha value is -1.02. The average Bonchev–Trinajstić information content (AvgIpc) is 2.04. The van der Waals surface area contributed by atoms with Gasteiger partial charge in [0.05, 0.1) is 17.6 Å². The average molecular weight is 168 g/mol. The van der Waals surface area contributed by atoms with Crippen molar-refractivity contribution >= 4 is 17.5 Å². The summed E-state index contributed by atoms with van der Waals surface area (Å²) in [6, 6.07) is 6.70. The van der Waals surface area contributed by atoms with Crippen LogP contribution in [0, 0.1) is 7.05 Å². The van der Waals surface area contributed by atoms with Crippen LogP contribution in [0.1, 0.15) is 10.4 Å². The summed E-state index contributed by atoms with van der Waals surface area (Å²) in [6.07, 6.45) is 0. The van der Waals surface area contributed by atoms with Crippen LogP contribution in [-0.2, 0) is 0 Å². The molecule has 1 aromatic carbocycles. The van der Waals surface area contributed by atoms with E-state index in [-0.39, 0.29) is 5.91 Å². The third-order valence-electron chi connectivity index (χ3n) is 1.25. The van der Waals surface area contributed by atoms with Crippen LogP contribution < -0.4 is 5.32 Å². The molecule has 2 nitrogen and oxygen atoms in total. The van der Waals surface area contributed by atoms with Gasteiger partial charge in [0, 0.05) is 0 Å². The molecule has 1 rings (SSSR count). The first-order chi connectivity index (χ1) is 5.25. The summed E-state index contributed by atoms with van der Waals surface area (Å²) in [6.45, 7) is 0. The van der Waals surface area contributed by atoms with Gasteiger partial charge in [-0.25, -0.2) is 0 Å². The van der Waals surface area contributed by atoms with E-state index in [9.17, 15) is 4.79 Å². The lowest BCUT2D eigenvalue weighted by molar-refractivity contribution is 0.0969. The Morgan fingerprint density at radius 2 is 2.09 bits per heavy atom. The van der Waals surface area contributed by atoms with Gasteiger partial charge in [0.15, 0.2) is 0 Å². The molecular formula is C8H6ClNO. The van der Waals surface area contributed by atoms with Gasteiger partial charge in [-0.05, 0) is 12.1 Å². The van der Waals surface area contributed by atoms with E-state index in [0.29, 0.717) is 10.6 Å². The molecule has 0 heterocycles. The molecule has 0 aliphatic carbocycles. The normalized spacial score (nSPS) is 9.27. The Bertz CT molecular complexity index is 273. The van der Waals surface area contributed by atoms with Crippen molar-refractivity contribution in [1.29, 1.82) is 0 Å². The minimum absolute atomic E-state index is 0.379. The van der Waals surface area contributed by atoms with Crippen LogP contribution in [-0.4, -0.2) is 5.91 Å². The molecule has 1 aromatic rings. The number of benzene rings is 1. The first-order valence-corrected chi connectivity index (χ1v) is 3.39. The van der Waals surface area contributed by atoms with Gasteiger partial charge in [-0.3, -0.25) is 4.79 Å². The van der Waals surface area contributed by atoms with Gasteiger partial charge < -0.3 is 5.32 Å². The minimum Gasteiger partial charge on any atom is -0.345 e. The van der Waals surface area contributed by atoms with E-state index >= 15 is 0 Å². The number of carbonyl (C=O) groups excluding carboxylic acids is 1. The topological polar surface area (TPSA) is 29.1 Å². The first-order valence-electron chi connectivity index (χ1n) is 3.01. The van der Waals surface area contributed by atoms with Crippen molar-refractivity contribution in [1.82, 2.24) is 5.32 Å². The Balaban J connectivity index is 3.03. The van der Waals surface area contributed by atoms with Gasteiger partial charge >= 0.3 is 0 Å². The molecule has 11 heavy (non-hydrogen) atoms. The molecule has 0 unspecified atom stereocenters. The molecule has 1 amide bonds. The summed E-state index contributed by atoms with van der Waals surface area (Å²) < 4.78 is 0. The monoisotopic (exact) mass is 167 g/mol. The molecule has 0 aliphatic rings. The van der Waals surface area contributed by atoms with Crippen molar-refractivity contribution in [2.45, 2.75) is 0 Å². The number of hydrogen-bond acceptors (Lipinski definition) is 1. The van der Waals surface area contributed by atoms with Crippen molar-refractivity contribution in [2.24, 2.45) is 0 Å². The molecule has 0 saturated heterocycles. The maximum absolute atomic E-state index is 10.9. The van der Waals surface area contributed by atoms with E-state index in [0.717, 1.165) is 0 Å². The zero-order chi connectivity index (χ0) is 8.27. The predicted octanol–water partition coefficient (Wildman–Crippen LogP) is 1.74. The zero-order valence-corrected chi connectivity index (χ0v) is 6.43. The fourth-order valence-electron chi connectivity index (χ4n) is 0.723. The maximum Gasteiger partial charge on any atom is 0.253 e. The van der Waals surface area contributed by atoms with E-state index in [1.54, 1.807) is 24.3 Å². The molecule has 0 bridgehead atoms. The van der Waals surface area contributed by atoms with Crippen LogP contribution in [0.5, 0.6) is 0 Å². The Labute approximate surface area is 70.2 Å². The van der Waals surface area contributed by atoms with E-state index in [1.807, 2.05) is 5.32 Å². The van der Waals surface area contributed by atoms with Gasteiger partial charge in [0.2, 0.25) is 0 Å². The molecule has 0 aromatic heterocycles. The lowest BCUT2D eigenvalue weighted by atomic mass is 10.2. The highest BCUT2D eigenvalue weighted by Gasteiger charge is 2.05. The fourth-order valence-corrected chi connectivity index (χ4v) is 0.945. The molecule has 0 spiro atoms. The molecule has 0 saturated carbocycles. The molecule has 3 heteroatoms. The second-order valence-electron chi connectivity index (χ2n) is 1.95. The van der Waals surface area contributed by atoms with Crippen molar-refractivity contribution < 1.29 is 4.79 Å². The maximum atomic E-state index is 10.9. The number of hydrogen-bond donors (Lipinski definition) is 1. The Morgan fingerprint density at radius 1 is 1.45 bits per heavy atom. The molecular weight excluding hydrogens is 162 g/mol. The number of halogens is 1. The van der Waals surface area contributed by atoms with Crippen LogP contribution in [0.3, 0.4) is 0 Å². The fraction of sp³-hybridized carbons (Fsp3) is 0. The van der Waals surface area contributed by atoms with Crippen LogP contribution in [0.4, 0.5) is 0 Å². The summed E-state index contributed by atoms with van der Waals surface area (Å²) in [5.41, 5.74) is 0.386. The largest absolute Gasteiger partial charge is 0.345 e. The van der Waals surface area contributed by atoms with Gasteiger partial charge in [0.1, 0.15) is 0 Å². The zero-order valence-electron chi connectivity index (χ0n) is 5.67. The van der Waals surface area contributed by atoms with Gasteiger partial charge in [0.25, 0.3) is 5.91 Å². The summed E-state index contributed by atoms with van der Waals surface area (Å²) in [4.78, 5) is 10.9. The summed E-state index contributed by atoms with van der Waals surface area (Å²) >= 11 is 5.68. The summed E-state index contributed by atoms with van der Waals surface area (Å²) in [5, 5.41) is 2.40. The SMILES string of the molecule is [CH]NC(=O)c1ccccc1Cl. The number of amides is 1. The lowest BCUT2D eigenvalue weighted by Gasteiger charge is -1.99. The smallest absolute Gasteiger partial charge is 0.253 e. The lowest BCUT2D eigenvalue weighted by Crippen LogP contribution is -2.15. The first kappa shape index (κ1) is 8.08. The third kappa shape index (κ3) is 1.71. The highest BCUT2D eigenvalue weighted by atomic mass is 35.5. The van der Waals surface area contributed by atoms with Crippen LogP contribution in [0.15, 0.2) is 24.3 Å². The highest BCUT2D eigenvalue weighted by Crippen LogP contribution is 2.13. The molecule has 0 aliphatic heterocycles. The summed E-state index contributed by atoms with van der Waals surface area (Å²) in [7, 11) is 4.91. The van der Waals surface area contributed by atoms with Crippen molar-refractivity contribution in [3.63, 3.8) is 0 Å². The number of nitrogens with one attached hydrogen (secondary N) is 1.